The summed E-state index contributed by atoms with van der Waals surface area (Å²) in [6, 6.07) is 7.89. The van der Waals surface area contributed by atoms with Crippen LogP contribution < -0.4 is 14.8 Å². The average molecular weight is 280 g/mol. The van der Waals surface area contributed by atoms with E-state index < -0.39 is 0 Å². The first-order valence-corrected chi connectivity index (χ1v) is 7.08. The number of rotatable bonds is 6. The summed E-state index contributed by atoms with van der Waals surface area (Å²) in [5.74, 6) is 1.43. The molecule has 0 radical (unpaired) electrons. The first-order valence-electron chi connectivity index (χ1n) is 7.08. The van der Waals surface area contributed by atoms with E-state index in [1.165, 1.54) is 0 Å². The van der Waals surface area contributed by atoms with Gasteiger partial charge in [-0.3, -0.25) is 4.79 Å². The van der Waals surface area contributed by atoms with Crippen molar-refractivity contribution in [3.8, 4) is 11.5 Å². The molecule has 5 nitrogen and oxygen atoms in total. The Morgan fingerprint density at radius 3 is 2.95 bits per heavy atom. The van der Waals surface area contributed by atoms with Crippen LogP contribution in [0, 0.1) is 0 Å². The topological polar surface area (TPSA) is 61.4 Å². The Bertz CT molecular complexity index is 449. The molecule has 20 heavy (non-hydrogen) atoms. The molecular formula is C15H22NO4+. The van der Waals surface area contributed by atoms with Gasteiger partial charge in [0.2, 0.25) is 0 Å². The van der Waals surface area contributed by atoms with Crippen molar-refractivity contribution in [1.82, 2.24) is 0 Å². The number of esters is 1. The van der Waals surface area contributed by atoms with Gasteiger partial charge in [-0.2, -0.15) is 0 Å². The summed E-state index contributed by atoms with van der Waals surface area (Å²) in [5.41, 5.74) is 0. The summed E-state index contributed by atoms with van der Waals surface area (Å²) < 4.78 is 16.5. The maximum absolute atomic E-state index is 11.3. The second-order valence-electron chi connectivity index (χ2n) is 4.85. The van der Waals surface area contributed by atoms with E-state index in [2.05, 4.69) is 12.2 Å². The summed E-state index contributed by atoms with van der Waals surface area (Å²) in [5, 5.41) is 2.10. The number of benzene rings is 1. The Kier molecular flexibility index (Phi) is 5.24. The lowest BCUT2D eigenvalue weighted by Crippen LogP contribution is -2.92. The maximum Gasteiger partial charge on any atom is 0.311 e. The Hall–Kier alpha value is -1.75. The third-order valence-corrected chi connectivity index (χ3v) is 3.31. The second kappa shape index (κ2) is 7.14. The number of carbonyl (C=O) groups is 1. The predicted molar refractivity (Wildman–Crippen MR) is 73.9 cm³/mol. The molecule has 0 fully saturated rings. The molecule has 2 rings (SSSR count). The quantitative estimate of drug-likeness (QED) is 0.780. The number of quaternary nitrogens is 1. The van der Waals surface area contributed by atoms with Crippen molar-refractivity contribution < 1.29 is 24.3 Å². The van der Waals surface area contributed by atoms with Gasteiger partial charge in [-0.1, -0.05) is 12.1 Å². The van der Waals surface area contributed by atoms with Crippen LogP contribution in [0.1, 0.15) is 20.3 Å². The lowest BCUT2D eigenvalue weighted by molar-refractivity contribution is -0.691. The van der Waals surface area contributed by atoms with Crippen LogP contribution in [0.25, 0.3) is 0 Å². The zero-order chi connectivity index (χ0) is 14.4. The van der Waals surface area contributed by atoms with Gasteiger partial charge in [0.1, 0.15) is 12.6 Å². The first kappa shape index (κ1) is 14.7. The summed E-state index contributed by atoms with van der Waals surface area (Å²) >= 11 is 0. The number of hydrogen-bond donors (Lipinski definition) is 1. The number of carbonyl (C=O) groups excluding carboxylic acids is 1. The molecule has 0 saturated carbocycles. The summed E-state index contributed by atoms with van der Waals surface area (Å²) in [6.45, 7) is 5.56. The molecule has 0 saturated heterocycles. The van der Waals surface area contributed by atoms with E-state index >= 15 is 0 Å². The van der Waals surface area contributed by atoms with E-state index in [4.69, 9.17) is 14.2 Å². The highest BCUT2D eigenvalue weighted by atomic mass is 16.6. The monoisotopic (exact) mass is 280 g/mol. The van der Waals surface area contributed by atoms with E-state index in [0.717, 1.165) is 11.5 Å². The number of nitrogens with two attached hydrogens (primary N) is 1. The van der Waals surface area contributed by atoms with Gasteiger partial charge >= 0.3 is 5.97 Å². The SMILES string of the molecule is CCOC(=O)CC[NH2+][C@H](C)[C@H]1COc2ccccc2O1. The molecule has 0 spiro atoms. The molecule has 5 heteroatoms. The average Bonchev–Trinajstić information content (AvgIpc) is 2.47. The molecule has 1 aliphatic heterocycles. The van der Waals surface area contributed by atoms with Crippen LogP contribution in [0.5, 0.6) is 11.5 Å². The van der Waals surface area contributed by atoms with Gasteiger partial charge in [0.05, 0.1) is 19.6 Å². The molecule has 0 aromatic heterocycles. The minimum Gasteiger partial charge on any atom is -0.486 e. The van der Waals surface area contributed by atoms with Crippen LogP contribution in [0.3, 0.4) is 0 Å². The standard InChI is InChI=1S/C15H21NO4/c1-3-18-15(17)8-9-16-11(2)14-10-19-12-6-4-5-7-13(12)20-14/h4-7,11,14,16H,3,8-10H2,1-2H3/p+1/t11-,14-/m1/s1. The third kappa shape index (κ3) is 3.87. The summed E-state index contributed by atoms with van der Waals surface area (Å²) in [6.07, 6.45) is 0.412. The van der Waals surface area contributed by atoms with Crippen LogP contribution in [0.2, 0.25) is 0 Å². The Morgan fingerprint density at radius 1 is 1.45 bits per heavy atom. The van der Waals surface area contributed by atoms with Gasteiger partial charge in [0.25, 0.3) is 0 Å². The molecule has 1 heterocycles. The summed E-state index contributed by atoms with van der Waals surface area (Å²) in [4.78, 5) is 11.3. The zero-order valence-corrected chi connectivity index (χ0v) is 12.0. The first-order chi connectivity index (χ1) is 9.70. The minimum atomic E-state index is -0.151. The van der Waals surface area contributed by atoms with Gasteiger partial charge in [0, 0.05) is 0 Å². The molecule has 0 amide bonds. The second-order valence-corrected chi connectivity index (χ2v) is 4.85. The number of hydrogen-bond acceptors (Lipinski definition) is 4. The lowest BCUT2D eigenvalue weighted by atomic mass is 10.1. The van der Waals surface area contributed by atoms with Gasteiger partial charge in [-0.15, -0.1) is 0 Å². The van der Waals surface area contributed by atoms with Crippen LogP contribution in [0.15, 0.2) is 24.3 Å². The van der Waals surface area contributed by atoms with Crippen molar-refractivity contribution in [2.24, 2.45) is 0 Å². The Morgan fingerprint density at radius 2 is 2.20 bits per heavy atom. The molecule has 2 atom stereocenters. The lowest BCUT2D eigenvalue weighted by Gasteiger charge is -2.29. The van der Waals surface area contributed by atoms with E-state index in [0.29, 0.717) is 26.2 Å². The normalized spacial score (nSPS) is 18.4. The Labute approximate surface area is 119 Å². The zero-order valence-electron chi connectivity index (χ0n) is 12.0. The Balaban J connectivity index is 1.77. The molecule has 1 aliphatic rings. The molecule has 110 valence electrons. The van der Waals surface area contributed by atoms with Crippen LogP contribution in [0.4, 0.5) is 0 Å². The maximum atomic E-state index is 11.3. The molecule has 0 unspecified atom stereocenters. The van der Waals surface area contributed by atoms with E-state index in [1.807, 2.05) is 31.2 Å². The largest absolute Gasteiger partial charge is 0.486 e. The molecular weight excluding hydrogens is 258 g/mol. The number of para-hydroxylation sites is 2. The van der Waals surface area contributed by atoms with Gasteiger partial charge < -0.3 is 19.5 Å². The smallest absolute Gasteiger partial charge is 0.311 e. The van der Waals surface area contributed by atoms with E-state index in [1.54, 1.807) is 0 Å². The van der Waals surface area contributed by atoms with Crippen molar-refractivity contribution in [1.29, 1.82) is 0 Å². The van der Waals surface area contributed by atoms with Crippen LogP contribution >= 0.6 is 0 Å². The summed E-state index contributed by atoms with van der Waals surface area (Å²) in [7, 11) is 0. The van der Waals surface area contributed by atoms with Crippen molar-refractivity contribution in [3.05, 3.63) is 24.3 Å². The highest BCUT2D eigenvalue weighted by Crippen LogP contribution is 2.31. The van der Waals surface area contributed by atoms with Gasteiger partial charge in [0.15, 0.2) is 17.6 Å². The van der Waals surface area contributed by atoms with E-state index in [9.17, 15) is 4.79 Å². The third-order valence-electron chi connectivity index (χ3n) is 3.31. The number of ether oxygens (including phenoxy) is 3. The molecule has 1 aromatic carbocycles. The molecule has 1 aromatic rings. The highest BCUT2D eigenvalue weighted by Gasteiger charge is 2.28. The molecule has 0 bridgehead atoms. The van der Waals surface area contributed by atoms with Crippen LogP contribution in [-0.4, -0.2) is 37.9 Å². The fourth-order valence-electron chi connectivity index (χ4n) is 2.14. The van der Waals surface area contributed by atoms with Crippen molar-refractivity contribution in [2.75, 3.05) is 19.8 Å². The number of fused-ring (bicyclic) bond motifs is 1. The highest BCUT2D eigenvalue weighted by molar-refractivity contribution is 5.69. The molecule has 2 N–H and O–H groups in total. The molecule has 0 aliphatic carbocycles. The fourth-order valence-corrected chi connectivity index (χ4v) is 2.14. The minimum absolute atomic E-state index is 0.00732. The van der Waals surface area contributed by atoms with Crippen molar-refractivity contribution in [3.63, 3.8) is 0 Å². The van der Waals surface area contributed by atoms with Crippen LogP contribution in [-0.2, 0) is 9.53 Å². The van der Waals surface area contributed by atoms with E-state index in [-0.39, 0.29) is 18.1 Å². The van der Waals surface area contributed by atoms with Crippen molar-refractivity contribution >= 4 is 5.97 Å². The fraction of sp³-hybridized carbons (Fsp3) is 0.533. The van der Waals surface area contributed by atoms with Gasteiger partial charge in [-0.05, 0) is 26.0 Å². The predicted octanol–water partition coefficient (Wildman–Crippen LogP) is 0.732. The van der Waals surface area contributed by atoms with Gasteiger partial charge in [-0.25, -0.2) is 0 Å². The van der Waals surface area contributed by atoms with Crippen molar-refractivity contribution in [2.45, 2.75) is 32.4 Å².